The van der Waals surface area contributed by atoms with Gasteiger partial charge in [0.15, 0.2) is 5.69 Å². The molecule has 160 valence electrons. The number of hydrogen-bond acceptors (Lipinski definition) is 5. The first-order valence-corrected chi connectivity index (χ1v) is 10.1. The first-order chi connectivity index (χ1) is 14.0. The summed E-state index contributed by atoms with van der Waals surface area (Å²) in [5.41, 5.74) is 0.225. The summed E-state index contributed by atoms with van der Waals surface area (Å²) in [5.74, 6) is 0.570. The normalized spacial score (nSPS) is 12.2. The lowest BCUT2D eigenvalue weighted by molar-refractivity contribution is -0.141. The quantitative estimate of drug-likeness (QED) is 0.633. The van der Waals surface area contributed by atoms with E-state index in [1.54, 1.807) is 25.1 Å². The third-order valence-corrected chi connectivity index (χ3v) is 5.47. The number of ether oxygens (including phenoxy) is 1. The first-order valence-electron chi connectivity index (χ1n) is 8.55. The van der Waals surface area contributed by atoms with Crippen LogP contribution in [0.4, 0.5) is 13.2 Å². The van der Waals surface area contributed by atoms with Gasteiger partial charge in [0, 0.05) is 5.56 Å². The highest BCUT2D eigenvalue weighted by Crippen LogP contribution is 2.35. The zero-order chi connectivity index (χ0) is 22.3. The second kappa shape index (κ2) is 7.74. The fourth-order valence-electron chi connectivity index (χ4n) is 3.06. The second-order valence-electron chi connectivity index (χ2n) is 6.50. The van der Waals surface area contributed by atoms with Gasteiger partial charge in [-0.15, -0.1) is 0 Å². The Hall–Kier alpha value is -2.89. The van der Waals surface area contributed by atoms with Gasteiger partial charge in [0.05, 0.1) is 30.0 Å². The molecule has 0 aliphatic heterocycles. The standard InChI is InChI=1S/C19H18F3N3O4S/c1-11-7-12(3-5-16(11)29-2)15-9-18(19(20,21)22)24-25(15)14-4-6-17(30(23,27)28)13(8-14)10-26/h3-9,26H,10H2,1-2H3,(H2,23,27,28). The van der Waals surface area contributed by atoms with Crippen LogP contribution in [0.3, 0.4) is 0 Å². The molecule has 3 N–H and O–H groups in total. The number of halogens is 3. The number of aliphatic hydroxyl groups excluding tert-OH is 1. The largest absolute Gasteiger partial charge is 0.496 e. The summed E-state index contributed by atoms with van der Waals surface area (Å²) >= 11 is 0. The molecule has 3 rings (SSSR count). The number of nitrogens with two attached hydrogens (primary N) is 1. The topological polar surface area (TPSA) is 107 Å². The highest BCUT2D eigenvalue weighted by atomic mass is 32.2. The third-order valence-electron chi connectivity index (χ3n) is 4.46. The summed E-state index contributed by atoms with van der Waals surface area (Å²) in [7, 11) is -2.64. The van der Waals surface area contributed by atoms with Crippen LogP contribution < -0.4 is 9.88 Å². The Morgan fingerprint density at radius 3 is 2.40 bits per heavy atom. The highest BCUT2D eigenvalue weighted by molar-refractivity contribution is 7.89. The second-order valence-corrected chi connectivity index (χ2v) is 8.03. The molecule has 0 bridgehead atoms. The molecule has 0 unspecified atom stereocenters. The molecule has 0 spiro atoms. The van der Waals surface area contributed by atoms with Gasteiger partial charge in [-0.05, 0) is 60.5 Å². The Labute approximate surface area is 170 Å². The molecule has 0 atom stereocenters. The molecule has 7 nitrogen and oxygen atoms in total. The number of primary sulfonamides is 1. The summed E-state index contributed by atoms with van der Waals surface area (Å²) in [6, 6.07) is 9.38. The molecule has 0 aliphatic rings. The van der Waals surface area contributed by atoms with Gasteiger partial charge in [-0.2, -0.15) is 18.3 Å². The van der Waals surface area contributed by atoms with E-state index in [2.05, 4.69) is 5.10 Å². The number of aromatic nitrogens is 2. The Morgan fingerprint density at radius 1 is 1.17 bits per heavy atom. The molecule has 30 heavy (non-hydrogen) atoms. The van der Waals surface area contributed by atoms with Crippen molar-refractivity contribution in [3.63, 3.8) is 0 Å². The van der Waals surface area contributed by atoms with Gasteiger partial charge in [0.2, 0.25) is 10.0 Å². The van der Waals surface area contributed by atoms with E-state index < -0.39 is 28.5 Å². The zero-order valence-electron chi connectivity index (χ0n) is 15.9. The predicted molar refractivity (Wildman–Crippen MR) is 103 cm³/mol. The number of benzene rings is 2. The SMILES string of the molecule is COc1ccc(-c2cc(C(F)(F)F)nn2-c2ccc(S(N)(=O)=O)c(CO)c2)cc1C. The fourth-order valence-corrected chi connectivity index (χ4v) is 3.81. The minimum Gasteiger partial charge on any atom is -0.496 e. The number of sulfonamides is 1. The molecule has 11 heteroatoms. The van der Waals surface area contributed by atoms with Crippen LogP contribution in [0.25, 0.3) is 16.9 Å². The third kappa shape index (κ3) is 4.18. The number of hydrogen-bond donors (Lipinski definition) is 2. The maximum Gasteiger partial charge on any atom is 0.435 e. The zero-order valence-corrected chi connectivity index (χ0v) is 16.8. The van der Waals surface area contributed by atoms with Crippen LogP contribution in [0.2, 0.25) is 0 Å². The van der Waals surface area contributed by atoms with Gasteiger partial charge in [0.1, 0.15) is 5.75 Å². The number of nitrogens with zero attached hydrogens (tertiary/aromatic N) is 2. The van der Waals surface area contributed by atoms with E-state index >= 15 is 0 Å². The lowest BCUT2D eigenvalue weighted by Gasteiger charge is -2.12. The van der Waals surface area contributed by atoms with Gasteiger partial charge in [0.25, 0.3) is 0 Å². The Morgan fingerprint density at radius 2 is 1.87 bits per heavy atom. The molecule has 0 aliphatic carbocycles. The summed E-state index contributed by atoms with van der Waals surface area (Å²) in [4.78, 5) is -0.321. The molecule has 0 radical (unpaired) electrons. The Kier molecular flexibility index (Phi) is 5.63. The molecule has 2 aromatic carbocycles. The average molecular weight is 441 g/mol. The van der Waals surface area contributed by atoms with Crippen LogP contribution in [-0.4, -0.2) is 30.4 Å². The number of aryl methyl sites for hydroxylation is 1. The maximum absolute atomic E-state index is 13.3. The molecule has 0 saturated carbocycles. The van der Waals surface area contributed by atoms with E-state index in [0.717, 1.165) is 16.8 Å². The Bertz CT molecular complexity index is 1200. The molecule has 3 aromatic rings. The van der Waals surface area contributed by atoms with Crippen molar-refractivity contribution >= 4 is 10.0 Å². The van der Waals surface area contributed by atoms with E-state index in [1.807, 2.05) is 0 Å². The average Bonchev–Trinajstić information content (AvgIpc) is 3.12. The molecule has 0 amide bonds. The number of methoxy groups -OCH3 is 1. The first kappa shape index (κ1) is 21.8. The van der Waals surface area contributed by atoms with Crippen molar-refractivity contribution in [2.75, 3.05) is 7.11 Å². The van der Waals surface area contributed by atoms with Crippen LogP contribution in [0.5, 0.6) is 5.75 Å². The lowest BCUT2D eigenvalue weighted by atomic mass is 10.1. The van der Waals surface area contributed by atoms with Gasteiger partial charge in [-0.25, -0.2) is 18.2 Å². The van der Waals surface area contributed by atoms with Crippen molar-refractivity contribution in [1.29, 1.82) is 0 Å². The van der Waals surface area contributed by atoms with E-state index in [-0.39, 0.29) is 21.8 Å². The van der Waals surface area contributed by atoms with Crippen LogP contribution in [0.1, 0.15) is 16.8 Å². The highest BCUT2D eigenvalue weighted by Gasteiger charge is 2.35. The Balaban J connectivity index is 2.24. The maximum atomic E-state index is 13.3. The smallest absolute Gasteiger partial charge is 0.435 e. The van der Waals surface area contributed by atoms with Crippen LogP contribution in [0, 0.1) is 6.92 Å². The summed E-state index contributed by atoms with van der Waals surface area (Å²) in [6.45, 7) is 1.07. The summed E-state index contributed by atoms with van der Waals surface area (Å²) in [6.07, 6.45) is -4.69. The van der Waals surface area contributed by atoms with Gasteiger partial charge < -0.3 is 9.84 Å². The van der Waals surface area contributed by atoms with Gasteiger partial charge in [-0.3, -0.25) is 0 Å². The lowest BCUT2D eigenvalue weighted by Crippen LogP contribution is -2.15. The summed E-state index contributed by atoms with van der Waals surface area (Å²) in [5, 5.41) is 18.3. The van der Waals surface area contributed by atoms with Crippen molar-refractivity contribution in [3.05, 3.63) is 59.3 Å². The van der Waals surface area contributed by atoms with Crippen molar-refractivity contribution < 1.29 is 31.4 Å². The van der Waals surface area contributed by atoms with E-state index in [1.165, 1.54) is 19.2 Å². The monoisotopic (exact) mass is 441 g/mol. The number of alkyl halides is 3. The number of rotatable bonds is 5. The fraction of sp³-hybridized carbons (Fsp3) is 0.211. The van der Waals surface area contributed by atoms with Crippen molar-refractivity contribution in [1.82, 2.24) is 9.78 Å². The molecular weight excluding hydrogens is 423 g/mol. The molecule has 1 aromatic heterocycles. The number of aliphatic hydroxyl groups is 1. The van der Waals surface area contributed by atoms with Crippen LogP contribution in [0.15, 0.2) is 47.4 Å². The minimum absolute atomic E-state index is 0.0593. The van der Waals surface area contributed by atoms with Crippen LogP contribution >= 0.6 is 0 Å². The predicted octanol–water partition coefficient (Wildman–Crippen LogP) is 3.01. The van der Waals surface area contributed by atoms with Crippen LogP contribution in [-0.2, 0) is 22.8 Å². The van der Waals surface area contributed by atoms with Crippen molar-refractivity contribution in [2.24, 2.45) is 5.14 Å². The molecule has 0 fully saturated rings. The van der Waals surface area contributed by atoms with Gasteiger partial charge >= 0.3 is 6.18 Å². The van der Waals surface area contributed by atoms with E-state index in [9.17, 15) is 26.7 Å². The molecular formula is C19H18F3N3O4S. The van der Waals surface area contributed by atoms with Crippen molar-refractivity contribution in [3.8, 4) is 22.7 Å². The van der Waals surface area contributed by atoms with E-state index in [4.69, 9.17) is 9.88 Å². The van der Waals surface area contributed by atoms with Crippen molar-refractivity contribution in [2.45, 2.75) is 24.6 Å². The molecule has 1 heterocycles. The minimum atomic E-state index is -4.69. The van der Waals surface area contributed by atoms with E-state index in [0.29, 0.717) is 16.9 Å². The molecule has 0 saturated heterocycles. The van der Waals surface area contributed by atoms with Gasteiger partial charge in [-0.1, -0.05) is 0 Å². The summed E-state index contributed by atoms with van der Waals surface area (Å²) < 4.78 is 69.6.